The summed E-state index contributed by atoms with van der Waals surface area (Å²) in [4.78, 5) is 2.69. The van der Waals surface area contributed by atoms with Gasteiger partial charge in [-0.25, -0.2) is 0 Å². The summed E-state index contributed by atoms with van der Waals surface area (Å²) < 4.78 is 11.9. The van der Waals surface area contributed by atoms with Gasteiger partial charge in [-0.15, -0.1) is 0 Å². The quantitative estimate of drug-likeness (QED) is 0.858. The van der Waals surface area contributed by atoms with Gasteiger partial charge in [0.05, 0.1) is 13.2 Å². The lowest BCUT2D eigenvalue weighted by Crippen LogP contribution is -2.59. The fourth-order valence-corrected chi connectivity index (χ4v) is 4.13. The molecule has 20 heavy (non-hydrogen) atoms. The van der Waals surface area contributed by atoms with Gasteiger partial charge in [0.2, 0.25) is 0 Å². The van der Waals surface area contributed by atoms with Crippen molar-refractivity contribution < 1.29 is 9.47 Å². The van der Waals surface area contributed by atoms with Crippen molar-refractivity contribution in [3.05, 3.63) is 0 Å². The fourth-order valence-electron chi connectivity index (χ4n) is 4.13. The van der Waals surface area contributed by atoms with Crippen LogP contribution in [-0.4, -0.2) is 55.6 Å². The Balaban J connectivity index is 1.68. The van der Waals surface area contributed by atoms with Crippen molar-refractivity contribution in [2.24, 2.45) is 5.92 Å². The van der Waals surface area contributed by atoms with Gasteiger partial charge < -0.3 is 14.8 Å². The van der Waals surface area contributed by atoms with Crippen molar-refractivity contribution in [3.8, 4) is 0 Å². The average Bonchev–Trinajstić information content (AvgIpc) is 2.91. The van der Waals surface area contributed by atoms with Crippen LogP contribution >= 0.6 is 0 Å². The topological polar surface area (TPSA) is 33.7 Å². The number of nitrogens with zero attached hydrogens (tertiary/aromatic N) is 1. The van der Waals surface area contributed by atoms with Crippen LogP contribution in [0.2, 0.25) is 0 Å². The predicted octanol–water partition coefficient (Wildman–Crippen LogP) is 1.99. The number of nitrogens with one attached hydrogen (secondary N) is 1. The van der Waals surface area contributed by atoms with Gasteiger partial charge in [-0.2, -0.15) is 0 Å². The van der Waals surface area contributed by atoms with Crippen molar-refractivity contribution in [3.63, 3.8) is 0 Å². The Labute approximate surface area is 123 Å². The van der Waals surface area contributed by atoms with Gasteiger partial charge in [-0.3, -0.25) is 4.90 Å². The third-order valence-corrected chi connectivity index (χ3v) is 5.39. The lowest BCUT2D eigenvalue weighted by Gasteiger charge is -2.47. The first-order valence-electron chi connectivity index (χ1n) is 8.48. The minimum Gasteiger partial charge on any atom is -0.347 e. The minimum atomic E-state index is -0.264. The summed E-state index contributed by atoms with van der Waals surface area (Å²) in [5.74, 6) is 0.625. The summed E-state index contributed by atoms with van der Waals surface area (Å²) in [6.07, 6.45) is 5.93. The molecule has 0 amide bonds. The van der Waals surface area contributed by atoms with E-state index >= 15 is 0 Å². The molecule has 0 radical (unpaired) electrons. The van der Waals surface area contributed by atoms with Crippen LogP contribution in [0.1, 0.15) is 46.0 Å². The number of rotatable bonds is 3. The predicted molar refractivity (Wildman–Crippen MR) is 79.7 cm³/mol. The molecular weight excluding hydrogens is 252 g/mol. The second-order valence-corrected chi connectivity index (χ2v) is 6.80. The number of hydrogen-bond donors (Lipinski definition) is 1. The van der Waals surface area contributed by atoms with Crippen LogP contribution in [0.15, 0.2) is 0 Å². The monoisotopic (exact) mass is 282 g/mol. The molecule has 2 heterocycles. The zero-order chi connectivity index (χ0) is 14.0. The molecule has 3 aliphatic rings. The van der Waals surface area contributed by atoms with Crippen LogP contribution < -0.4 is 5.32 Å². The zero-order valence-corrected chi connectivity index (χ0v) is 13.1. The highest BCUT2D eigenvalue weighted by atomic mass is 16.7. The highest BCUT2D eigenvalue weighted by molar-refractivity contribution is 4.97. The van der Waals surface area contributed by atoms with E-state index in [9.17, 15) is 0 Å². The molecule has 0 bridgehead atoms. The summed E-state index contributed by atoms with van der Waals surface area (Å²) >= 11 is 0. The molecule has 2 unspecified atom stereocenters. The molecule has 0 aromatic rings. The molecule has 116 valence electrons. The fraction of sp³-hybridized carbons (Fsp3) is 1.00. The van der Waals surface area contributed by atoms with E-state index in [0.29, 0.717) is 12.1 Å². The molecule has 0 aromatic carbocycles. The van der Waals surface area contributed by atoms with Crippen molar-refractivity contribution in [1.29, 1.82) is 0 Å². The maximum Gasteiger partial charge on any atom is 0.170 e. The number of likely N-dealkylation sites (tertiary alicyclic amines) is 1. The van der Waals surface area contributed by atoms with Gasteiger partial charge in [0, 0.05) is 24.9 Å². The molecule has 1 N–H and O–H groups in total. The van der Waals surface area contributed by atoms with Crippen LogP contribution in [0.3, 0.4) is 0 Å². The van der Waals surface area contributed by atoms with Gasteiger partial charge in [0.1, 0.15) is 0 Å². The first-order valence-corrected chi connectivity index (χ1v) is 8.48. The standard InChI is InChI=1S/C16H30N2O2/c1-3-17-14-4-7-16(19-10-11-20-16)12-15(14)18-8-5-13(2)6-9-18/h13-15,17H,3-12H2,1-2H3. The van der Waals surface area contributed by atoms with Crippen molar-refractivity contribution >= 4 is 0 Å². The summed E-state index contributed by atoms with van der Waals surface area (Å²) in [6, 6.07) is 1.18. The third kappa shape index (κ3) is 3.03. The minimum absolute atomic E-state index is 0.264. The first-order chi connectivity index (χ1) is 9.72. The Hall–Kier alpha value is -0.160. The molecule has 0 aromatic heterocycles. The Kier molecular flexibility index (Phi) is 4.65. The summed E-state index contributed by atoms with van der Waals surface area (Å²) in [7, 11) is 0. The lowest BCUT2D eigenvalue weighted by molar-refractivity contribution is -0.194. The number of hydrogen-bond acceptors (Lipinski definition) is 4. The number of likely N-dealkylation sites (N-methyl/N-ethyl adjacent to an activating group) is 1. The van der Waals surface area contributed by atoms with Crippen LogP contribution in [0.25, 0.3) is 0 Å². The van der Waals surface area contributed by atoms with Crippen molar-refractivity contribution in [2.75, 3.05) is 32.8 Å². The van der Waals surface area contributed by atoms with Crippen LogP contribution in [0, 0.1) is 5.92 Å². The molecule has 1 saturated carbocycles. The van der Waals surface area contributed by atoms with Crippen LogP contribution in [0.5, 0.6) is 0 Å². The highest BCUT2D eigenvalue weighted by Crippen LogP contribution is 2.38. The highest BCUT2D eigenvalue weighted by Gasteiger charge is 2.46. The maximum absolute atomic E-state index is 5.97. The largest absolute Gasteiger partial charge is 0.347 e. The summed E-state index contributed by atoms with van der Waals surface area (Å²) in [5, 5.41) is 3.70. The first kappa shape index (κ1) is 14.8. The SMILES string of the molecule is CCNC1CCC2(CC1N1CCC(C)CC1)OCCO2. The Morgan fingerprint density at radius 2 is 1.85 bits per heavy atom. The molecule has 2 atom stereocenters. The zero-order valence-electron chi connectivity index (χ0n) is 13.1. The second kappa shape index (κ2) is 6.30. The Morgan fingerprint density at radius 3 is 2.50 bits per heavy atom. The van der Waals surface area contributed by atoms with E-state index in [1.165, 1.54) is 32.4 Å². The van der Waals surface area contributed by atoms with E-state index in [-0.39, 0.29) is 5.79 Å². The molecule has 2 saturated heterocycles. The smallest absolute Gasteiger partial charge is 0.170 e. The second-order valence-electron chi connectivity index (χ2n) is 6.80. The van der Waals surface area contributed by atoms with E-state index in [1.54, 1.807) is 0 Å². The lowest BCUT2D eigenvalue weighted by atomic mass is 9.83. The van der Waals surface area contributed by atoms with E-state index in [2.05, 4.69) is 24.1 Å². The molecule has 1 aliphatic carbocycles. The number of piperidine rings is 1. The molecular formula is C16H30N2O2. The average molecular weight is 282 g/mol. The van der Waals surface area contributed by atoms with Gasteiger partial charge in [0.25, 0.3) is 0 Å². The summed E-state index contributed by atoms with van der Waals surface area (Å²) in [6.45, 7) is 9.67. The van der Waals surface area contributed by atoms with Crippen LogP contribution in [0.4, 0.5) is 0 Å². The van der Waals surface area contributed by atoms with Crippen LogP contribution in [-0.2, 0) is 9.47 Å². The van der Waals surface area contributed by atoms with E-state index < -0.39 is 0 Å². The van der Waals surface area contributed by atoms with Gasteiger partial charge in [-0.1, -0.05) is 13.8 Å². The van der Waals surface area contributed by atoms with Gasteiger partial charge in [-0.05, 0) is 44.8 Å². The normalized spacial score (nSPS) is 35.7. The molecule has 2 aliphatic heterocycles. The van der Waals surface area contributed by atoms with Crippen molar-refractivity contribution in [2.45, 2.75) is 63.8 Å². The third-order valence-electron chi connectivity index (χ3n) is 5.39. The molecule has 1 spiro atoms. The Bertz CT molecular complexity index is 310. The molecule has 3 rings (SSSR count). The summed E-state index contributed by atoms with van der Waals surface area (Å²) in [5.41, 5.74) is 0. The van der Waals surface area contributed by atoms with E-state index in [1.807, 2.05) is 0 Å². The van der Waals surface area contributed by atoms with Gasteiger partial charge in [0.15, 0.2) is 5.79 Å². The van der Waals surface area contributed by atoms with Gasteiger partial charge >= 0.3 is 0 Å². The Morgan fingerprint density at radius 1 is 1.15 bits per heavy atom. The molecule has 4 nitrogen and oxygen atoms in total. The number of ether oxygens (including phenoxy) is 2. The molecule has 4 heteroatoms. The molecule has 3 fully saturated rings. The van der Waals surface area contributed by atoms with E-state index in [4.69, 9.17) is 9.47 Å². The van der Waals surface area contributed by atoms with E-state index in [0.717, 1.165) is 38.5 Å². The maximum atomic E-state index is 5.97. The van der Waals surface area contributed by atoms with Crippen molar-refractivity contribution in [1.82, 2.24) is 10.2 Å².